The van der Waals surface area contributed by atoms with E-state index in [9.17, 15) is 9.59 Å². The Kier molecular flexibility index (Phi) is 4.41. The van der Waals surface area contributed by atoms with E-state index in [0.717, 1.165) is 0 Å². The van der Waals surface area contributed by atoms with Gasteiger partial charge >= 0.3 is 5.97 Å². The SMILES string of the molecule is O=C(CN1CC(=O)Oc2ccccc21)Nc1ccc(Cl)cc1Cl. The van der Waals surface area contributed by atoms with Crippen molar-refractivity contribution in [3.8, 4) is 5.75 Å². The van der Waals surface area contributed by atoms with Gasteiger partial charge in [-0.25, -0.2) is 4.79 Å². The molecule has 1 aliphatic heterocycles. The molecular weight excluding hydrogens is 339 g/mol. The van der Waals surface area contributed by atoms with Crippen molar-refractivity contribution < 1.29 is 14.3 Å². The number of rotatable bonds is 3. The average Bonchev–Trinajstić information content (AvgIpc) is 2.50. The number of carbonyl (C=O) groups is 2. The summed E-state index contributed by atoms with van der Waals surface area (Å²) in [5, 5.41) is 3.55. The lowest BCUT2D eigenvalue weighted by atomic mass is 10.2. The Bertz CT molecular complexity index is 780. The maximum atomic E-state index is 12.2. The standard InChI is InChI=1S/C16H12Cl2N2O3/c17-10-5-6-12(11(18)7-10)19-15(21)8-20-9-16(22)23-14-4-2-1-3-13(14)20/h1-7H,8-9H2,(H,19,21). The number of nitrogens with one attached hydrogen (secondary N) is 1. The first-order chi connectivity index (χ1) is 11.0. The molecular formula is C16H12Cl2N2O3. The second kappa shape index (κ2) is 6.48. The van der Waals surface area contributed by atoms with Crippen molar-refractivity contribution in [1.29, 1.82) is 0 Å². The van der Waals surface area contributed by atoms with E-state index in [2.05, 4.69) is 5.32 Å². The highest BCUT2D eigenvalue weighted by Gasteiger charge is 2.25. The van der Waals surface area contributed by atoms with Crippen LogP contribution in [0, 0.1) is 0 Å². The van der Waals surface area contributed by atoms with Crippen LogP contribution < -0.4 is 15.0 Å². The summed E-state index contributed by atoms with van der Waals surface area (Å²) >= 11 is 11.9. The molecule has 23 heavy (non-hydrogen) atoms. The zero-order chi connectivity index (χ0) is 16.4. The first kappa shape index (κ1) is 15.6. The Labute approximate surface area is 142 Å². The van der Waals surface area contributed by atoms with E-state index >= 15 is 0 Å². The minimum Gasteiger partial charge on any atom is -0.423 e. The molecule has 0 bridgehead atoms. The molecule has 0 spiro atoms. The number of para-hydroxylation sites is 2. The van der Waals surface area contributed by atoms with Crippen molar-refractivity contribution in [3.63, 3.8) is 0 Å². The predicted octanol–water partition coefficient (Wildman–Crippen LogP) is 3.36. The molecule has 0 saturated carbocycles. The van der Waals surface area contributed by atoms with E-state index < -0.39 is 5.97 Å². The highest BCUT2D eigenvalue weighted by Crippen LogP contribution is 2.31. The van der Waals surface area contributed by atoms with E-state index in [1.165, 1.54) is 0 Å². The Morgan fingerprint density at radius 1 is 1.22 bits per heavy atom. The van der Waals surface area contributed by atoms with Gasteiger partial charge in [-0.1, -0.05) is 35.3 Å². The van der Waals surface area contributed by atoms with Gasteiger partial charge in [-0.2, -0.15) is 0 Å². The number of halogens is 2. The maximum absolute atomic E-state index is 12.2. The quantitative estimate of drug-likeness (QED) is 0.681. The van der Waals surface area contributed by atoms with Crippen LogP contribution in [0.3, 0.4) is 0 Å². The Hall–Kier alpha value is -2.24. The van der Waals surface area contributed by atoms with Crippen molar-refractivity contribution >= 4 is 46.5 Å². The molecule has 0 aromatic heterocycles. The fraction of sp³-hybridized carbons (Fsp3) is 0.125. The van der Waals surface area contributed by atoms with Gasteiger partial charge in [0.05, 0.1) is 22.9 Å². The first-order valence-electron chi connectivity index (χ1n) is 6.82. The normalized spacial score (nSPS) is 13.3. The van der Waals surface area contributed by atoms with E-state index in [0.29, 0.717) is 27.2 Å². The molecule has 1 N–H and O–H groups in total. The molecule has 1 amide bonds. The zero-order valence-electron chi connectivity index (χ0n) is 11.9. The van der Waals surface area contributed by atoms with E-state index in [1.54, 1.807) is 41.3 Å². The van der Waals surface area contributed by atoms with Gasteiger partial charge in [0, 0.05) is 5.02 Å². The third kappa shape index (κ3) is 3.57. The molecule has 0 unspecified atom stereocenters. The number of hydrogen-bond acceptors (Lipinski definition) is 4. The van der Waals surface area contributed by atoms with Crippen LogP contribution >= 0.6 is 23.2 Å². The molecule has 2 aromatic carbocycles. The second-order valence-corrected chi connectivity index (χ2v) is 5.81. The van der Waals surface area contributed by atoms with Crippen LogP contribution in [0.15, 0.2) is 42.5 Å². The monoisotopic (exact) mass is 350 g/mol. The van der Waals surface area contributed by atoms with Crippen molar-refractivity contribution in [2.75, 3.05) is 23.3 Å². The van der Waals surface area contributed by atoms with Crippen LogP contribution in [0.2, 0.25) is 10.0 Å². The van der Waals surface area contributed by atoms with Crippen LogP contribution in [-0.2, 0) is 9.59 Å². The summed E-state index contributed by atoms with van der Waals surface area (Å²) in [6.45, 7) is 0.0177. The minimum absolute atomic E-state index is 0.00503. The van der Waals surface area contributed by atoms with Crippen LogP contribution in [-0.4, -0.2) is 25.0 Å². The number of benzene rings is 2. The molecule has 0 saturated heterocycles. The zero-order valence-corrected chi connectivity index (χ0v) is 13.4. The van der Waals surface area contributed by atoms with E-state index in [4.69, 9.17) is 27.9 Å². The number of amides is 1. The molecule has 0 aliphatic carbocycles. The molecule has 2 aromatic rings. The van der Waals surface area contributed by atoms with E-state index in [1.807, 2.05) is 6.07 Å². The maximum Gasteiger partial charge on any atom is 0.331 e. The van der Waals surface area contributed by atoms with Gasteiger partial charge in [0.2, 0.25) is 5.91 Å². The molecule has 0 atom stereocenters. The lowest BCUT2D eigenvalue weighted by molar-refractivity contribution is -0.133. The van der Waals surface area contributed by atoms with Gasteiger partial charge < -0.3 is 15.0 Å². The second-order valence-electron chi connectivity index (χ2n) is 4.97. The number of nitrogens with zero attached hydrogens (tertiary/aromatic N) is 1. The van der Waals surface area contributed by atoms with Crippen molar-refractivity contribution in [2.24, 2.45) is 0 Å². The highest BCUT2D eigenvalue weighted by atomic mass is 35.5. The van der Waals surface area contributed by atoms with Gasteiger partial charge in [0.15, 0.2) is 5.75 Å². The summed E-state index contributed by atoms with van der Waals surface area (Å²) in [4.78, 5) is 25.5. The molecule has 1 heterocycles. The summed E-state index contributed by atoms with van der Waals surface area (Å²) in [5.41, 5.74) is 1.17. The van der Waals surface area contributed by atoms with Gasteiger partial charge in [0.25, 0.3) is 0 Å². The highest BCUT2D eigenvalue weighted by molar-refractivity contribution is 6.36. The minimum atomic E-state index is -0.402. The lowest BCUT2D eigenvalue weighted by Crippen LogP contribution is -2.41. The van der Waals surface area contributed by atoms with Gasteiger partial charge in [-0.05, 0) is 30.3 Å². The van der Waals surface area contributed by atoms with Crippen LogP contribution in [0.5, 0.6) is 5.75 Å². The number of esters is 1. The third-order valence-corrected chi connectivity index (χ3v) is 3.84. The molecule has 118 valence electrons. The van der Waals surface area contributed by atoms with Crippen molar-refractivity contribution in [3.05, 3.63) is 52.5 Å². The molecule has 1 aliphatic rings. The fourth-order valence-corrected chi connectivity index (χ4v) is 2.75. The third-order valence-electron chi connectivity index (χ3n) is 3.29. The van der Waals surface area contributed by atoms with Crippen molar-refractivity contribution in [2.45, 2.75) is 0 Å². The smallest absolute Gasteiger partial charge is 0.331 e. The lowest BCUT2D eigenvalue weighted by Gasteiger charge is -2.29. The molecule has 3 rings (SSSR count). The van der Waals surface area contributed by atoms with Crippen molar-refractivity contribution in [1.82, 2.24) is 0 Å². The molecule has 7 heteroatoms. The summed E-state index contributed by atoms with van der Waals surface area (Å²) in [7, 11) is 0. The summed E-state index contributed by atoms with van der Waals surface area (Å²) in [6, 6.07) is 11.9. The fourth-order valence-electron chi connectivity index (χ4n) is 2.30. The summed E-state index contributed by atoms with van der Waals surface area (Å²) in [5.74, 6) is -0.249. The summed E-state index contributed by atoms with van der Waals surface area (Å²) < 4.78 is 5.15. The van der Waals surface area contributed by atoms with Crippen LogP contribution in [0.25, 0.3) is 0 Å². The number of ether oxygens (including phenoxy) is 1. The Morgan fingerprint density at radius 3 is 2.78 bits per heavy atom. The van der Waals surface area contributed by atoms with Gasteiger partial charge in [-0.15, -0.1) is 0 Å². The Morgan fingerprint density at radius 2 is 2.00 bits per heavy atom. The van der Waals surface area contributed by atoms with E-state index in [-0.39, 0.29) is 19.0 Å². The molecule has 5 nitrogen and oxygen atoms in total. The molecule has 0 radical (unpaired) electrons. The van der Waals surface area contributed by atoms with Crippen LogP contribution in [0.1, 0.15) is 0 Å². The number of carbonyl (C=O) groups excluding carboxylic acids is 2. The topological polar surface area (TPSA) is 58.6 Å². The largest absolute Gasteiger partial charge is 0.423 e. The van der Waals surface area contributed by atoms with Gasteiger partial charge in [-0.3, -0.25) is 4.79 Å². The summed E-state index contributed by atoms with van der Waals surface area (Å²) in [6.07, 6.45) is 0. The number of hydrogen-bond donors (Lipinski definition) is 1. The number of fused-ring (bicyclic) bond motifs is 1. The Balaban J connectivity index is 1.74. The van der Waals surface area contributed by atoms with Gasteiger partial charge in [0.1, 0.15) is 6.54 Å². The average molecular weight is 351 g/mol. The van der Waals surface area contributed by atoms with Crippen LogP contribution in [0.4, 0.5) is 11.4 Å². The number of anilines is 2. The molecule has 0 fully saturated rings. The first-order valence-corrected chi connectivity index (χ1v) is 7.58. The predicted molar refractivity (Wildman–Crippen MR) is 89.4 cm³/mol.